The second kappa shape index (κ2) is 2.60. The molecule has 0 nitrogen and oxygen atoms in total. The van der Waals surface area contributed by atoms with Gasteiger partial charge in [-0.1, -0.05) is 0 Å². The molecular weight excluding hydrogens is 233 g/mol. The molecule has 0 atom stereocenters. The molecule has 0 aliphatic heterocycles. The Bertz CT molecular complexity index is 80.1. The van der Waals surface area contributed by atoms with E-state index >= 15 is 0 Å². The van der Waals surface area contributed by atoms with E-state index in [4.69, 9.17) is 0 Å². The maximum absolute atomic E-state index is 11.3. The Morgan fingerprint density at radius 2 is 1.33 bits per heavy atom. The van der Waals surface area contributed by atoms with E-state index in [0.29, 0.717) is 0 Å². The molecule has 0 unspecified atom stereocenters. The van der Waals surface area contributed by atoms with Crippen molar-refractivity contribution >= 4 is 26.6 Å². The molecule has 56 valence electrons. The van der Waals surface area contributed by atoms with E-state index in [-0.39, 0.29) is 0 Å². The van der Waals surface area contributed by atoms with Gasteiger partial charge in [0.1, 0.15) is 0 Å². The van der Waals surface area contributed by atoms with Gasteiger partial charge in [-0.2, -0.15) is 0 Å². The summed E-state index contributed by atoms with van der Waals surface area (Å²) in [5.74, 6) is 0. The standard InChI is InChI=1S/C2ClF5Se/c3-1(4,5)9-2(6,7)8. The summed E-state index contributed by atoms with van der Waals surface area (Å²) in [5, 5.41) is -4.84. The Hall–Kier alpha value is 0.459. The van der Waals surface area contributed by atoms with Gasteiger partial charge < -0.3 is 0 Å². The van der Waals surface area contributed by atoms with E-state index in [1.54, 1.807) is 0 Å². The van der Waals surface area contributed by atoms with Crippen LogP contribution in [-0.2, 0) is 0 Å². The van der Waals surface area contributed by atoms with E-state index in [1.807, 2.05) is 0 Å². The van der Waals surface area contributed by atoms with Crippen molar-refractivity contribution in [3.8, 4) is 0 Å². The SMILES string of the molecule is FC(F)(F)[Se]C(F)(F)Cl. The van der Waals surface area contributed by atoms with E-state index in [9.17, 15) is 22.0 Å². The molecule has 0 aliphatic rings. The van der Waals surface area contributed by atoms with Gasteiger partial charge in [0.05, 0.1) is 0 Å². The van der Waals surface area contributed by atoms with Crippen LogP contribution in [-0.4, -0.2) is 24.3 Å². The van der Waals surface area contributed by atoms with Gasteiger partial charge in [0.2, 0.25) is 0 Å². The van der Waals surface area contributed by atoms with Gasteiger partial charge >= 0.3 is 57.9 Å². The van der Waals surface area contributed by atoms with Gasteiger partial charge in [-0.15, -0.1) is 0 Å². The minimum absolute atomic E-state index is 2.82. The van der Waals surface area contributed by atoms with Crippen molar-refractivity contribution in [3.63, 3.8) is 0 Å². The van der Waals surface area contributed by atoms with Crippen LogP contribution in [0.3, 0.4) is 0 Å². The summed E-state index contributed by atoms with van der Waals surface area (Å²) in [4.78, 5) is 0. The second-order valence-corrected chi connectivity index (χ2v) is 4.45. The number of rotatable bonds is 1. The molecule has 0 aromatic carbocycles. The number of hydrogen-bond acceptors (Lipinski definition) is 0. The predicted octanol–water partition coefficient (Wildman–Crippen LogP) is 2.00. The molecule has 0 spiro atoms. The third kappa shape index (κ3) is 8.46. The van der Waals surface area contributed by atoms with Crippen LogP contribution in [0, 0.1) is 0 Å². The van der Waals surface area contributed by atoms with Crippen LogP contribution in [0.1, 0.15) is 0 Å². The Labute approximate surface area is 58.5 Å². The Kier molecular flexibility index (Phi) is 2.73. The number of alkyl halides is 6. The molecule has 0 radical (unpaired) electrons. The number of halogens is 6. The van der Waals surface area contributed by atoms with Gasteiger partial charge in [-0.25, -0.2) is 0 Å². The third-order valence-electron chi connectivity index (χ3n) is 0.231. The van der Waals surface area contributed by atoms with Gasteiger partial charge in [0, 0.05) is 0 Å². The van der Waals surface area contributed by atoms with Crippen LogP contribution in [0.2, 0.25) is 0 Å². The molecule has 0 fully saturated rings. The summed E-state index contributed by atoms with van der Waals surface area (Å²) < 4.78 is 51.5. The average Bonchev–Trinajstić information content (AvgIpc) is 1.14. The molecule has 0 aromatic rings. The molecule has 0 rings (SSSR count). The summed E-state index contributed by atoms with van der Waals surface area (Å²) in [6, 6.07) is 0. The van der Waals surface area contributed by atoms with Crippen LogP contribution < -0.4 is 0 Å². The quantitative estimate of drug-likeness (QED) is 0.369. The topological polar surface area (TPSA) is 0 Å². The van der Waals surface area contributed by atoms with Crippen LogP contribution >= 0.6 is 11.6 Å². The van der Waals surface area contributed by atoms with Crippen molar-refractivity contribution in [2.45, 2.75) is 9.35 Å². The molecule has 0 aliphatic carbocycles. The molecule has 0 aromatic heterocycles. The summed E-state index contributed by atoms with van der Waals surface area (Å²) in [6.45, 7) is 0. The van der Waals surface area contributed by atoms with E-state index < -0.39 is 24.3 Å². The molecule has 0 heterocycles. The monoisotopic (exact) mass is 234 g/mol. The van der Waals surface area contributed by atoms with Gasteiger partial charge in [0.25, 0.3) is 0 Å². The summed E-state index contributed by atoms with van der Waals surface area (Å²) in [6.07, 6.45) is 0. The zero-order valence-electron chi connectivity index (χ0n) is 3.68. The average molecular weight is 233 g/mol. The molecule has 0 saturated heterocycles. The Morgan fingerprint density at radius 3 is 1.33 bits per heavy atom. The van der Waals surface area contributed by atoms with Gasteiger partial charge in [-0.05, 0) is 0 Å². The molecule has 0 amide bonds. The maximum atomic E-state index is 11.3. The minimum atomic E-state index is -4.84. The zero-order valence-corrected chi connectivity index (χ0v) is 6.15. The zero-order chi connectivity index (χ0) is 7.71. The van der Waals surface area contributed by atoms with Crippen molar-refractivity contribution in [1.29, 1.82) is 0 Å². The third-order valence-corrected chi connectivity index (χ3v) is 1.60. The van der Waals surface area contributed by atoms with Gasteiger partial charge in [0.15, 0.2) is 0 Å². The second-order valence-electron chi connectivity index (χ2n) is 0.994. The molecule has 0 N–H and O–H groups in total. The van der Waals surface area contributed by atoms with Crippen LogP contribution in [0.5, 0.6) is 0 Å². The normalized spacial score (nSPS) is 14.0. The summed E-state index contributed by atoms with van der Waals surface area (Å²) >= 11 is 1.17. The fraction of sp³-hybridized carbons (Fsp3) is 1.00. The number of hydrogen-bond donors (Lipinski definition) is 0. The van der Waals surface area contributed by atoms with Crippen LogP contribution in [0.25, 0.3) is 0 Å². The Balaban J connectivity index is 3.75. The molecule has 0 bridgehead atoms. The Morgan fingerprint density at radius 1 is 1.00 bits per heavy atom. The van der Waals surface area contributed by atoms with Crippen molar-refractivity contribution < 1.29 is 22.0 Å². The van der Waals surface area contributed by atoms with E-state index in [2.05, 4.69) is 11.6 Å². The molecular formula is C2ClF5Se. The van der Waals surface area contributed by atoms with Crippen LogP contribution in [0.15, 0.2) is 0 Å². The van der Waals surface area contributed by atoms with E-state index in [1.165, 1.54) is 0 Å². The van der Waals surface area contributed by atoms with Crippen LogP contribution in [0.4, 0.5) is 22.0 Å². The molecule has 9 heavy (non-hydrogen) atoms. The fourth-order valence-corrected chi connectivity index (χ4v) is 1.14. The van der Waals surface area contributed by atoms with Gasteiger partial charge in [-0.3, -0.25) is 0 Å². The molecule has 7 heteroatoms. The van der Waals surface area contributed by atoms with Crippen molar-refractivity contribution in [3.05, 3.63) is 0 Å². The first-order valence-electron chi connectivity index (χ1n) is 1.54. The summed E-state index contributed by atoms with van der Waals surface area (Å²) in [7, 11) is 0. The fourth-order valence-electron chi connectivity index (χ4n) is 0.131. The first-order chi connectivity index (χ1) is 3.71. The van der Waals surface area contributed by atoms with Crippen molar-refractivity contribution in [2.75, 3.05) is 0 Å². The van der Waals surface area contributed by atoms with Crippen molar-refractivity contribution in [2.24, 2.45) is 0 Å². The summed E-state index contributed by atoms with van der Waals surface area (Å²) in [5.41, 5.74) is 0. The predicted molar refractivity (Wildman–Crippen MR) is 22.6 cm³/mol. The first kappa shape index (κ1) is 9.46. The van der Waals surface area contributed by atoms with Crippen molar-refractivity contribution in [1.82, 2.24) is 0 Å². The first-order valence-corrected chi connectivity index (χ1v) is 3.63. The molecule has 0 saturated carbocycles. The van der Waals surface area contributed by atoms with E-state index in [0.717, 1.165) is 0 Å².